The number of carbonyl (C=O) groups is 2. The Morgan fingerprint density at radius 3 is 2.95 bits per heavy atom. The molecule has 0 radical (unpaired) electrons. The van der Waals surface area contributed by atoms with Gasteiger partial charge in [-0.05, 0) is 12.1 Å². The number of hydrogen-bond acceptors (Lipinski definition) is 4. The molecule has 1 saturated heterocycles. The highest BCUT2D eigenvalue weighted by molar-refractivity contribution is 5.96. The molecule has 2 amide bonds. The predicted octanol–water partition coefficient (Wildman–Crippen LogP) is 0.877. The summed E-state index contributed by atoms with van der Waals surface area (Å²) in [7, 11) is 1.52. The molecule has 1 aliphatic rings. The maximum atomic E-state index is 12.0. The quantitative estimate of drug-likeness (QED) is 0.857. The van der Waals surface area contributed by atoms with Crippen LogP contribution in [0, 0.1) is 0 Å². The predicted molar refractivity (Wildman–Crippen MR) is 68.2 cm³/mol. The Bertz CT molecular complexity index is 475. The van der Waals surface area contributed by atoms with E-state index in [-0.39, 0.29) is 12.0 Å². The van der Waals surface area contributed by atoms with Crippen LogP contribution in [-0.4, -0.2) is 50.3 Å². The third-order valence-corrected chi connectivity index (χ3v) is 2.86. The van der Waals surface area contributed by atoms with Gasteiger partial charge in [0.1, 0.15) is 12.4 Å². The van der Waals surface area contributed by atoms with Crippen LogP contribution in [0.4, 0.5) is 4.79 Å². The van der Waals surface area contributed by atoms with Crippen molar-refractivity contribution in [3.05, 3.63) is 29.8 Å². The molecule has 0 bridgehead atoms. The van der Waals surface area contributed by atoms with Crippen molar-refractivity contribution in [2.45, 2.75) is 0 Å². The number of nitrogens with zero attached hydrogens (tertiary/aromatic N) is 1. The van der Waals surface area contributed by atoms with Crippen LogP contribution in [0.5, 0.6) is 5.75 Å². The molecule has 6 heteroatoms. The lowest BCUT2D eigenvalue weighted by molar-refractivity contribution is 0.0945. The molecule has 0 unspecified atom stereocenters. The van der Waals surface area contributed by atoms with Gasteiger partial charge in [-0.3, -0.25) is 4.79 Å². The fourth-order valence-corrected chi connectivity index (χ4v) is 1.86. The van der Waals surface area contributed by atoms with Crippen molar-refractivity contribution >= 4 is 12.0 Å². The van der Waals surface area contributed by atoms with Crippen LogP contribution in [-0.2, 0) is 4.74 Å². The first kappa shape index (κ1) is 13.2. The molecule has 1 N–H and O–H groups in total. The molecule has 1 aromatic carbocycles. The van der Waals surface area contributed by atoms with Gasteiger partial charge < -0.3 is 19.7 Å². The summed E-state index contributed by atoms with van der Waals surface area (Å²) in [5.74, 6) is 0.311. The van der Waals surface area contributed by atoms with E-state index in [0.717, 1.165) is 0 Å². The minimum Gasteiger partial charge on any atom is -0.496 e. The van der Waals surface area contributed by atoms with E-state index < -0.39 is 0 Å². The topological polar surface area (TPSA) is 67.9 Å². The van der Waals surface area contributed by atoms with Gasteiger partial charge in [0, 0.05) is 13.1 Å². The van der Waals surface area contributed by atoms with Gasteiger partial charge in [0.15, 0.2) is 0 Å². The summed E-state index contributed by atoms with van der Waals surface area (Å²) in [5.41, 5.74) is 0.481. The first-order valence-electron chi connectivity index (χ1n) is 6.05. The van der Waals surface area contributed by atoms with E-state index >= 15 is 0 Å². The largest absolute Gasteiger partial charge is 0.496 e. The highest BCUT2D eigenvalue weighted by atomic mass is 16.6. The molecular weight excluding hydrogens is 248 g/mol. The highest BCUT2D eigenvalue weighted by Gasteiger charge is 2.21. The zero-order valence-electron chi connectivity index (χ0n) is 10.7. The lowest BCUT2D eigenvalue weighted by Gasteiger charge is -2.13. The normalized spacial score (nSPS) is 14.2. The number of cyclic esters (lactones) is 1. The molecule has 0 aliphatic carbocycles. The molecule has 102 valence electrons. The zero-order valence-corrected chi connectivity index (χ0v) is 10.7. The van der Waals surface area contributed by atoms with Gasteiger partial charge in [-0.2, -0.15) is 0 Å². The van der Waals surface area contributed by atoms with E-state index in [1.165, 1.54) is 7.11 Å². The van der Waals surface area contributed by atoms with Crippen LogP contribution in [0.15, 0.2) is 24.3 Å². The summed E-state index contributed by atoms with van der Waals surface area (Å²) in [6, 6.07) is 7.00. The fraction of sp³-hybridized carbons (Fsp3) is 0.385. The van der Waals surface area contributed by atoms with Crippen molar-refractivity contribution in [3.8, 4) is 5.75 Å². The second kappa shape index (κ2) is 6.08. The summed E-state index contributed by atoms with van der Waals surface area (Å²) < 4.78 is 9.92. The van der Waals surface area contributed by atoms with Gasteiger partial charge in [-0.15, -0.1) is 0 Å². The standard InChI is InChI=1S/C13H16N2O4/c1-18-11-5-3-2-4-10(11)12(16)14-6-7-15-8-9-19-13(15)17/h2-5H,6-9H2,1H3,(H,14,16). The van der Waals surface area contributed by atoms with Crippen molar-refractivity contribution < 1.29 is 19.1 Å². The number of rotatable bonds is 5. The fourth-order valence-electron chi connectivity index (χ4n) is 1.86. The summed E-state index contributed by atoms with van der Waals surface area (Å²) in [5, 5.41) is 2.75. The van der Waals surface area contributed by atoms with Crippen molar-refractivity contribution in [3.63, 3.8) is 0 Å². The van der Waals surface area contributed by atoms with Crippen LogP contribution in [0.3, 0.4) is 0 Å². The lowest BCUT2D eigenvalue weighted by Crippen LogP contribution is -2.35. The SMILES string of the molecule is COc1ccccc1C(=O)NCCN1CCOC1=O. The van der Waals surface area contributed by atoms with E-state index in [1.807, 2.05) is 0 Å². The summed E-state index contributed by atoms with van der Waals surface area (Å²) in [4.78, 5) is 24.7. The Balaban J connectivity index is 1.85. The summed E-state index contributed by atoms with van der Waals surface area (Å²) in [6.07, 6.45) is -0.327. The maximum absolute atomic E-state index is 12.0. The number of benzene rings is 1. The first-order valence-corrected chi connectivity index (χ1v) is 6.05. The minimum absolute atomic E-state index is 0.218. The number of carbonyl (C=O) groups excluding carboxylic acids is 2. The Labute approximate surface area is 111 Å². The molecule has 0 saturated carbocycles. The Kier molecular flexibility index (Phi) is 4.22. The van der Waals surface area contributed by atoms with Gasteiger partial charge in [-0.1, -0.05) is 12.1 Å². The Morgan fingerprint density at radius 2 is 2.26 bits per heavy atom. The smallest absolute Gasteiger partial charge is 0.409 e. The molecule has 1 aromatic rings. The average molecular weight is 264 g/mol. The molecular formula is C13H16N2O4. The molecule has 19 heavy (non-hydrogen) atoms. The van der Waals surface area contributed by atoms with Crippen LogP contribution >= 0.6 is 0 Å². The third-order valence-electron chi connectivity index (χ3n) is 2.86. The molecule has 0 atom stereocenters. The Hall–Kier alpha value is -2.24. The van der Waals surface area contributed by atoms with Crippen molar-refractivity contribution in [1.82, 2.24) is 10.2 Å². The number of ether oxygens (including phenoxy) is 2. The van der Waals surface area contributed by atoms with Gasteiger partial charge in [0.25, 0.3) is 5.91 Å². The monoisotopic (exact) mass is 264 g/mol. The van der Waals surface area contributed by atoms with Crippen LogP contribution in [0.1, 0.15) is 10.4 Å². The van der Waals surface area contributed by atoms with Gasteiger partial charge >= 0.3 is 6.09 Å². The summed E-state index contributed by atoms with van der Waals surface area (Å²) in [6.45, 7) is 1.81. The number of amides is 2. The highest BCUT2D eigenvalue weighted by Crippen LogP contribution is 2.16. The van der Waals surface area contributed by atoms with Crippen LogP contribution < -0.4 is 10.1 Å². The zero-order chi connectivity index (χ0) is 13.7. The van der Waals surface area contributed by atoms with Crippen molar-refractivity contribution in [2.24, 2.45) is 0 Å². The lowest BCUT2D eigenvalue weighted by atomic mass is 10.2. The maximum Gasteiger partial charge on any atom is 0.409 e. The van der Waals surface area contributed by atoms with Crippen molar-refractivity contribution in [2.75, 3.05) is 33.4 Å². The van der Waals surface area contributed by atoms with E-state index in [0.29, 0.717) is 37.6 Å². The molecule has 1 heterocycles. The summed E-state index contributed by atoms with van der Waals surface area (Å²) >= 11 is 0. The second-order valence-corrected chi connectivity index (χ2v) is 4.06. The van der Waals surface area contributed by atoms with Crippen LogP contribution in [0.2, 0.25) is 0 Å². The number of methoxy groups -OCH3 is 1. The molecule has 0 spiro atoms. The van der Waals surface area contributed by atoms with Crippen molar-refractivity contribution in [1.29, 1.82) is 0 Å². The minimum atomic E-state index is -0.327. The van der Waals surface area contributed by atoms with E-state index in [1.54, 1.807) is 29.2 Å². The molecule has 6 nitrogen and oxygen atoms in total. The Morgan fingerprint density at radius 1 is 1.47 bits per heavy atom. The van der Waals surface area contributed by atoms with E-state index in [2.05, 4.69) is 5.32 Å². The molecule has 2 rings (SSSR count). The molecule has 0 aromatic heterocycles. The van der Waals surface area contributed by atoms with E-state index in [4.69, 9.17) is 9.47 Å². The number of nitrogens with one attached hydrogen (secondary N) is 1. The van der Waals surface area contributed by atoms with Crippen LogP contribution in [0.25, 0.3) is 0 Å². The number of para-hydroxylation sites is 1. The molecule has 1 aliphatic heterocycles. The third kappa shape index (κ3) is 3.15. The number of hydrogen-bond donors (Lipinski definition) is 1. The average Bonchev–Trinajstić information content (AvgIpc) is 2.84. The second-order valence-electron chi connectivity index (χ2n) is 4.06. The van der Waals surface area contributed by atoms with E-state index in [9.17, 15) is 9.59 Å². The van der Waals surface area contributed by atoms with Gasteiger partial charge in [0.05, 0.1) is 19.2 Å². The molecule has 1 fully saturated rings. The van der Waals surface area contributed by atoms with Gasteiger partial charge in [0.2, 0.25) is 0 Å². The first-order chi connectivity index (χ1) is 9.22. The van der Waals surface area contributed by atoms with Gasteiger partial charge in [-0.25, -0.2) is 4.79 Å².